The average molecular weight is 488 g/mol. The number of hydrogen-bond acceptors (Lipinski definition) is 4. The van der Waals surface area contributed by atoms with E-state index in [1.165, 1.54) is 10.4 Å². The summed E-state index contributed by atoms with van der Waals surface area (Å²) in [4.78, 5) is 27.4. The maximum Gasteiger partial charge on any atom is 0.245 e. The molecule has 0 radical (unpaired) electrons. The molecule has 7 nitrogen and oxygen atoms in total. The molecule has 1 atom stereocenters. The van der Waals surface area contributed by atoms with Crippen LogP contribution in [0.25, 0.3) is 0 Å². The number of rotatable bonds is 6. The van der Waals surface area contributed by atoms with Gasteiger partial charge in [0.1, 0.15) is 11.9 Å². The van der Waals surface area contributed by atoms with Crippen molar-refractivity contribution in [3.63, 3.8) is 0 Å². The number of sulfonamides is 1. The van der Waals surface area contributed by atoms with Crippen molar-refractivity contribution < 1.29 is 22.4 Å². The Labute approximate surface area is 194 Å². The molecule has 1 heterocycles. The SMILES string of the molecule is CC(C)[C@@H](NC(=O)C1CCCCC1)C(=O)N1CCN(S(=O)(=O)c2ccc(F)c(Cl)c2)CC1. The number of nitrogens with zero attached hydrogens (tertiary/aromatic N) is 2. The Morgan fingerprint density at radius 2 is 1.72 bits per heavy atom. The van der Waals surface area contributed by atoms with Gasteiger partial charge in [-0.1, -0.05) is 44.7 Å². The molecule has 0 aromatic heterocycles. The summed E-state index contributed by atoms with van der Waals surface area (Å²) in [6.45, 7) is 4.45. The van der Waals surface area contributed by atoms with E-state index in [0.29, 0.717) is 0 Å². The highest BCUT2D eigenvalue weighted by molar-refractivity contribution is 7.89. The third-order valence-corrected chi connectivity index (χ3v) is 8.47. The molecule has 0 bridgehead atoms. The van der Waals surface area contributed by atoms with Gasteiger partial charge in [-0.2, -0.15) is 4.31 Å². The van der Waals surface area contributed by atoms with Gasteiger partial charge in [0.05, 0.1) is 9.92 Å². The van der Waals surface area contributed by atoms with E-state index < -0.39 is 21.9 Å². The Balaban J connectivity index is 1.62. The first-order chi connectivity index (χ1) is 15.1. The van der Waals surface area contributed by atoms with Crippen LogP contribution in [0.3, 0.4) is 0 Å². The summed E-state index contributed by atoms with van der Waals surface area (Å²) in [5.41, 5.74) is 0. The minimum atomic E-state index is -3.85. The lowest BCUT2D eigenvalue weighted by Crippen LogP contribution is -2.57. The Kier molecular flexibility index (Phi) is 8.16. The third kappa shape index (κ3) is 5.61. The molecule has 1 aliphatic heterocycles. The van der Waals surface area contributed by atoms with Crippen LogP contribution in [0.4, 0.5) is 4.39 Å². The minimum Gasteiger partial charge on any atom is -0.344 e. The van der Waals surface area contributed by atoms with Crippen LogP contribution >= 0.6 is 11.6 Å². The molecule has 3 rings (SSSR count). The standard InChI is InChI=1S/C22H31ClFN3O4S/c1-15(2)20(25-21(28)16-6-4-3-5-7-16)22(29)26-10-12-27(13-11-26)32(30,31)17-8-9-19(24)18(23)14-17/h8-9,14-16,20H,3-7,10-13H2,1-2H3,(H,25,28)/t20-/m1/s1. The van der Waals surface area contributed by atoms with Crippen molar-refractivity contribution in [1.29, 1.82) is 0 Å². The van der Waals surface area contributed by atoms with E-state index in [0.717, 1.165) is 44.2 Å². The molecule has 1 aromatic rings. The van der Waals surface area contributed by atoms with Gasteiger partial charge in [0, 0.05) is 32.1 Å². The molecule has 1 aliphatic carbocycles. The fourth-order valence-corrected chi connectivity index (χ4v) is 5.98. The summed E-state index contributed by atoms with van der Waals surface area (Å²) in [6, 6.07) is 2.67. The molecule has 0 unspecified atom stereocenters. The Morgan fingerprint density at radius 1 is 1.09 bits per heavy atom. The van der Waals surface area contributed by atoms with Crippen molar-refractivity contribution in [2.45, 2.75) is 56.9 Å². The molecule has 10 heteroatoms. The summed E-state index contributed by atoms with van der Waals surface area (Å²) in [6.07, 6.45) is 4.93. The number of carbonyl (C=O) groups is 2. The molecule has 1 saturated carbocycles. The van der Waals surface area contributed by atoms with Crippen LogP contribution in [0, 0.1) is 17.7 Å². The third-order valence-electron chi connectivity index (χ3n) is 6.29. The second-order valence-electron chi connectivity index (χ2n) is 8.87. The lowest BCUT2D eigenvalue weighted by molar-refractivity contribution is -0.139. The molecule has 32 heavy (non-hydrogen) atoms. The molecule has 1 aromatic carbocycles. The lowest BCUT2D eigenvalue weighted by Gasteiger charge is -2.37. The lowest BCUT2D eigenvalue weighted by atomic mass is 9.88. The number of amides is 2. The van der Waals surface area contributed by atoms with Crippen molar-refractivity contribution in [2.75, 3.05) is 26.2 Å². The molecular formula is C22H31ClFN3O4S. The van der Waals surface area contributed by atoms with E-state index in [4.69, 9.17) is 11.6 Å². The van der Waals surface area contributed by atoms with Crippen molar-refractivity contribution in [1.82, 2.24) is 14.5 Å². The largest absolute Gasteiger partial charge is 0.344 e. The van der Waals surface area contributed by atoms with Gasteiger partial charge in [-0.05, 0) is 37.0 Å². The van der Waals surface area contributed by atoms with Gasteiger partial charge in [0.15, 0.2) is 0 Å². The van der Waals surface area contributed by atoms with Crippen LogP contribution in [0.15, 0.2) is 23.1 Å². The summed E-state index contributed by atoms with van der Waals surface area (Å²) in [5, 5.41) is 2.69. The van der Waals surface area contributed by atoms with Crippen LogP contribution < -0.4 is 5.32 Å². The monoisotopic (exact) mass is 487 g/mol. The van der Waals surface area contributed by atoms with Gasteiger partial charge in [-0.3, -0.25) is 9.59 Å². The van der Waals surface area contributed by atoms with Gasteiger partial charge in [0.2, 0.25) is 21.8 Å². The van der Waals surface area contributed by atoms with E-state index in [-0.39, 0.29) is 59.7 Å². The minimum absolute atomic E-state index is 0.0395. The zero-order valence-corrected chi connectivity index (χ0v) is 20.1. The normalized spacial score (nSPS) is 19.7. The van der Waals surface area contributed by atoms with Crippen molar-refractivity contribution in [2.24, 2.45) is 11.8 Å². The first-order valence-electron chi connectivity index (χ1n) is 11.2. The average Bonchev–Trinajstić information content (AvgIpc) is 2.79. The molecular weight excluding hydrogens is 457 g/mol. The molecule has 1 N–H and O–H groups in total. The summed E-state index contributed by atoms with van der Waals surface area (Å²) < 4.78 is 40.4. The molecule has 2 amide bonds. The van der Waals surface area contributed by atoms with Crippen LogP contribution in [0.5, 0.6) is 0 Å². The molecule has 1 saturated heterocycles. The quantitative estimate of drug-likeness (QED) is 0.668. The van der Waals surface area contributed by atoms with Crippen molar-refractivity contribution in [3.05, 3.63) is 29.0 Å². The first kappa shape index (κ1) is 24.9. The molecule has 178 valence electrons. The molecule has 2 fully saturated rings. The fourth-order valence-electron chi connectivity index (χ4n) is 4.28. The van der Waals surface area contributed by atoms with E-state index >= 15 is 0 Å². The van der Waals surface area contributed by atoms with E-state index in [2.05, 4.69) is 5.32 Å². The maximum absolute atomic E-state index is 13.4. The zero-order chi connectivity index (χ0) is 23.5. The summed E-state index contributed by atoms with van der Waals surface area (Å²) in [7, 11) is -3.85. The van der Waals surface area contributed by atoms with E-state index in [1.54, 1.807) is 4.90 Å². The first-order valence-corrected chi connectivity index (χ1v) is 13.0. The Bertz CT molecular complexity index is 942. The van der Waals surface area contributed by atoms with Gasteiger partial charge in [-0.15, -0.1) is 0 Å². The van der Waals surface area contributed by atoms with Crippen LogP contribution in [0.2, 0.25) is 5.02 Å². The predicted octanol–water partition coefficient (Wildman–Crippen LogP) is 3.03. The highest BCUT2D eigenvalue weighted by Crippen LogP contribution is 2.25. The van der Waals surface area contributed by atoms with Crippen LogP contribution in [0.1, 0.15) is 46.0 Å². The summed E-state index contributed by atoms with van der Waals surface area (Å²) in [5.74, 6) is -1.06. The highest BCUT2D eigenvalue weighted by Gasteiger charge is 2.35. The van der Waals surface area contributed by atoms with Gasteiger partial charge in [0.25, 0.3) is 0 Å². The smallest absolute Gasteiger partial charge is 0.245 e. The van der Waals surface area contributed by atoms with Crippen LogP contribution in [-0.2, 0) is 19.6 Å². The van der Waals surface area contributed by atoms with Gasteiger partial charge < -0.3 is 10.2 Å². The maximum atomic E-state index is 13.4. The summed E-state index contributed by atoms with van der Waals surface area (Å²) >= 11 is 5.74. The zero-order valence-electron chi connectivity index (χ0n) is 18.5. The second kappa shape index (κ2) is 10.5. The van der Waals surface area contributed by atoms with Crippen molar-refractivity contribution in [3.8, 4) is 0 Å². The predicted molar refractivity (Wildman–Crippen MR) is 120 cm³/mol. The van der Waals surface area contributed by atoms with Crippen LogP contribution in [-0.4, -0.2) is 61.7 Å². The Morgan fingerprint density at radius 3 is 2.28 bits per heavy atom. The Hall–Kier alpha value is -1.71. The van der Waals surface area contributed by atoms with E-state index in [9.17, 15) is 22.4 Å². The molecule has 0 spiro atoms. The van der Waals surface area contributed by atoms with E-state index in [1.807, 2.05) is 13.8 Å². The number of benzene rings is 1. The van der Waals surface area contributed by atoms with Crippen molar-refractivity contribution >= 4 is 33.4 Å². The van der Waals surface area contributed by atoms with Gasteiger partial charge in [-0.25, -0.2) is 12.8 Å². The number of hydrogen-bond donors (Lipinski definition) is 1. The second-order valence-corrected chi connectivity index (χ2v) is 11.2. The van der Waals surface area contributed by atoms with Gasteiger partial charge >= 0.3 is 0 Å². The molecule has 2 aliphatic rings. The number of piperazine rings is 1. The topological polar surface area (TPSA) is 86.8 Å². The fraction of sp³-hybridized carbons (Fsp3) is 0.636. The number of halogens is 2. The number of carbonyl (C=O) groups excluding carboxylic acids is 2. The number of nitrogens with one attached hydrogen (secondary N) is 1. The highest BCUT2D eigenvalue weighted by atomic mass is 35.5.